The summed E-state index contributed by atoms with van der Waals surface area (Å²) in [4.78, 5) is 3.52. The van der Waals surface area contributed by atoms with E-state index in [1.54, 1.807) is 0 Å². The number of benzene rings is 1. The van der Waals surface area contributed by atoms with E-state index in [0.717, 1.165) is 30.5 Å². The summed E-state index contributed by atoms with van der Waals surface area (Å²) in [7, 11) is 0. The van der Waals surface area contributed by atoms with Crippen LogP contribution in [0.25, 0.3) is 11.3 Å². The van der Waals surface area contributed by atoms with Gasteiger partial charge in [-0.25, -0.2) is 18.2 Å². The van der Waals surface area contributed by atoms with E-state index < -0.39 is 17.5 Å². The van der Waals surface area contributed by atoms with Gasteiger partial charge in [-0.1, -0.05) is 0 Å². The lowest BCUT2D eigenvalue weighted by molar-refractivity contribution is 0.465. The fourth-order valence-corrected chi connectivity index (χ4v) is 1.30. The van der Waals surface area contributed by atoms with Gasteiger partial charge in [-0.3, -0.25) is 0 Å². The predicted molar refractivity (Wildman–Crippen MR) is 51.2 cm³/mol. The van der Waals surface area contributed by atoms with Crippen LogP contribution in [-0.2, 0) is 0 Å². The van der Waals surface area contributed by atoms with E-state index in [0.29, 0.717) is 0 Å². The van der Waals surface area contributed by atoms with Crippen LogP contribution in [0.2, 0.25) is 0 Å². The maximum Gasteiger partial charge on any atom is 0.153 e. The molecule has 0 aliphatic carbocycles. The quantitative estimate of drug-likeness (QED) is 0.809. The Bertz CT molecular complexity index is 543. The fraction of sp³-hybridized carbons (Fsp3) is 0. The molecule has 0 saturated carbocycles. The van der Waals surface area contributed by atoms with Crippen LogP contribution in [-0.4, -0.2) is 10.1 Å². The van der Waals surface area contributed by atoms with Crippen LogP contribution in [0.15, 0.2) is 30.5 Å². The topological polar surface area (TPSA) is 33.1 Å². The first-order valence-electron chi connectivity index (χ1n) is 4.38. The van der Waals surface area contributed by atoms with Crippen molar-refractivity contribution in [2.75, 3.05) is 0 Å². The lowest BCUT2D eigenvalue weighted by atomic mass is 10.1. The van der Waals surface area contributed by atoms with Crippen molar-refractivity contribution in [1.29, 1.82) is 0 Å². The number of halogens is 3. The van der Waals surface area contributed by atoms with E-state index in [9.17, 15) is 13.2 Å². The smallest absolute Gasteiger partial charge is 0.153 e. The molecule has 0 radical (unpaired) electrons. The van der Waals surface area contributed by atoms with Crippen molar-refractivity contribution in [1.82, 2.24) is 4.98 Å². The third kappa shape index (κ3) is 1.84. The average Bonchev–Trinajstić information content (AvgIpc) is 2.22. The number of rotatable bonds is 1. The number of aromatic nitrogens is 1. The van der Waals surface area contributed by atoms with Crippen LogP contribution >= 0.6 is 0 Å². The van der Waals surface area contributed by atoms with Crippen molar-refractivity contribution < 1.29 is 18.3 Å². The normalized spacial score (nSPS) is 10.4. The highest BCUT2D eigenvalue weighted by Gasteiger charge is 2.13. The Balaban J connectivity index is 2.62. The first-order valence-corrected chi connectivity index (χ1v) is 4.38. The number of pyridine rings is 1. The van der Waals surface area contributed by atoms with Crippen LogP contribution in [0.4, 0.5) is 13.2 Å². The highest BCUT2D eigenvalue weighted by molar-refractivity contribution is 5.61. The van der Waals surface area contributed by atoms with Gasteiger partial charge in [-0.15, -0.1) is 0 Å². The average molecular weight is 225 g/mol. The lowest BCUT2D eigenvalue weighted by Crippen LogP contribution is -1.93. The lowest BCUT2D eigenvalue weighted by Gasteiger charge is -2.04. The van der Waals surface area contributed by atoms with Crippen molar-refractivity contribution in [2.24, 2.45) is 0 Å². The largest absolute Gasteiger partial charge is 0.506 e. The number of hydrogen-bond acceptors (Lipinski definition) is 2. The minimum atomic E-state index is -0.912. The molecule has 0 saturated heterocycles. The third-order valence-corrected chi connectivity index (χ3v) is 2.01. The van der Waals surface area contributed by atoms with Gasteiger partial charge in [-0.05, 0) is 18.2 Å². The number of aromatic hydroxyl groups is 1. The Morgan fingerprint density at radius 1 is 1.00 bits per heavy atom. The van der Waals surface area contributed by atoms with Crippen molar-refractivity contribution in [2.45, 2.75) is 0 Å². The number of hydrogen-bond donors (Lipinski definition) is 1. The summed E-state index contributed by atoms with van der Waals surface area (Å²) in [5, 5.41) is 8.94. The molecule has 1 heterocycles. The van der Waals surface area contributed by atoms with E-state index in [-0.39, 0.29) is 17.0 Å². The zero-order valence-corrected chi connectivity index (χ0v) is 7.92. The Labute approximate surface area is 89.0 Å². The molecule has 2 nitrogen and oxygen atoms in total. The Morgan fingerprint density at radius 2 is 1.75 bits per heavy atom. The summed E-state index contributed by atoms with van der Waals surface area (Å²) in [6.07, 6.45) is 0.961. The highest BCUT2D eigenvalue weighted by Crippen LogP contribution is 2.25. The molecule has 82 valence electrons. The molecule has 0 aliphatic heterocycles. The van der Waals surface area contributed by atoms with Crippen molar-refractivity contribution in [3.63, 3.8) is 0 Å². The molecule has 5 heteroatoms. The molecule has 0 atom stereocenters. The second kappa shape index (κ2) is 3.84. The monoisotopic (exact) mass is 225 g/mol. The first kappa shape index (κ1) is 10.5. The van der Waals surface area contributed by atoms with E-state index in [1.807, 2.05) is 0 Å². The molecule has 2 aromatic rings. The summed E-state index contributed by atoms with van der Waals surface area (Å²) in [6.45, 7) is 0. The van der Waals surface area contributed by atoms with Gasteiger partial charge < -0.3 is 5.11 Å². The van der Waals surface area contributed by atoms with Gasteiger partial charge in [0.15, 0.2) is 5.82 Å². The molecule has 16 heavy (non-hydrogen) atoms. The molecule has 0 unspecified atom stereocenters. The molecule has 0 amide bonds. The van der Waals surface area contributed by atoms with Gasteiger partial charge in [0.2, 0.25) is 0 Å². The molecular weight excluding hydrogens is 219 g/mol. The molecule has 1 aromatic carbocycles. The van der Waals surface area contributed by atoms with Gasteiger partial charge in [0.1, 0.15) is 23.1 Å². The zero-order valence-electron chi connectivity index (χ0n) is 7.92. The molecule has 2 rings (SSSR count). The minimum Gasteiger partial charge on any atom is -0.506 e. The van der Waals surface area contributed by atoms with Crippen LogP contribution in [0, 0.1) is 17.5 Å². The van der Waals surface area contributed by atoms with Gasteiger partial charge in [0.05, 0.1) is 6.20 Å². The fourth-order valence-electron chi connectivity index (χ4n) is 1.30. The van der Waals surface area contributed by atoms with Gasteiger partial charge in [0.25, 0.3) is 0 Å². The molecule has 0 fully saturated rings. The molecular formula is C11H6F3NO. The van der Waals surface area contributed by atoms with Crippen LogP contribution < -0.4 is 0 Å². The standard InChI is InChI=1S/C11H6F3NO/c12-6-1-2-9(13)8(3-6)11-10(14)4-7(16)5-15-11/h1-5,16H. The zero-order chi connectivity index (χ0) is 11.7. The molecule has 0 bridgehead atoms. The summed E-state index contributed by atoms with van der Waals surface area (Å²) in [5.41, 5.74) is -0.618. The van der Waals surface area contributed by atoms with Crippen LogP contribution in [0.3, 0.4) is 0 Å². The molecule has 0 aliphatic rings. The van der Waals surface area contributed by atoms with E-state index >= 15 is 0 Å². The van der Waals surface area contributed by atoms with Crippen LogP contribution in [0.5, 0.6) is 5.75 Å². The van der Waals surface area contributed by atoms with Crippen molar-refractivity contribution in [3.8, 4) is 17.0 Å². The predicted octanol–water partition coefficient (Wildman–Crippen LogP) is 2.87. The second-order valence-corrected chi connectivity index (χ2v) is 3.15. The van der Waals surface area contributed by atoms with Gasteiger partial charge >= 0.3 is 0 Å². The van der Waals surface area contributed by atoms with Crippen molar-refractivity contribution in [3.05, 3.63) is 47.9 Å². The van der Waals surface area contributed by atoms with Gasteiger partial charge in [-0.2, -0.15) is 0 Å². The SMILES string of the molecule is Oc1cnc(-c2cc(F)ccc2F)c(F)c1. The summed E-state index contributed by atoms with van der Waals surface area (Å²) >= 11 is 0. The Kier molecular flexibility index (Phi) is 2.52. The third-order valence-electron chi connectivity index (χ3n) is 2.01. The Morgan fingerprint density at radius 3 is 2.44 bits per heavy atom. The molecule has 1 N–H and O–H groups in total. The van der Waals surface area contributed by atoms with E-state index in [2.05, 4.69) is 4.98 Å². The van der Waals surface area contributed by atoms with Gasteiger partial charge in [0, 0.05) is 11.6 Å². The summed E-state index contributed by atoms with van der Waals surface area (Å²) < 4.78 is 39.5. The highest BCUT2D eigenvalue weighted by atomic mass is 19.1. The minimum absolute atomic E-state index is 0.280. The first-order chi connectivity index (χ1) is 7.58. The number of nitrogens with zero attached hydrogens (tertiary/aromatic N) is 1. The molecule has 0 spiro atoms. The maximum absolute atomic E-state index is 13.3. The van der Waals surface area contributed by atoms with Crippen LogP contribution in [0.1, 0.15) is 0 Å². The molecule has 1 aromatic heterocycles. The summed E-state index contributed by atoms with van der Waals surface area (Å²) in [5.74, 6) is -2.76. The summed E-state index contributed by atoms with van der Waals surface area (Å²) in [6, 6.07) is 3.44. The second-order valence-electron chi connectivity index (χ2n) is 3.15. The maximum atomic E-state index is 13.3. The van der Waals surface area contributed by atoms with E-state index in [1.165, 1.54) is 0 Å². The Hall–Kier alpha value is -2.04. The van der Waals surface area contributed by atoms with E-state index in [4.69, 9.17) is 5.11 Å². The van der Waals surface area contributed by atoms with Crippen molar-refractivity contribution >= 4 is 0 Å².